The molecule has 0 fully saturated rings. The molecular formula is C19H16O5. The fraction of sp³-hybridized carbons (Fsp3) is 0.158. The first-order chi connectivity index (χ1) is 11.6. The lowest BCUT2D eigenvalue weighted by atomic mass is 10.0. The maximum absolute atomic E-state index is 12.4. The zero-order chi connectivity index (χ0) is 17.1. The molecule has 0 aliphatic carbocycles. The van der Waals surface area contributed by atoms with E-state index in [0.29, 0.717) is 17.6 Å². The molecule has 5 nitrogen and oxygen atoms in total. The Hall–Kier alpha value is -3.08. The van der Waals surface area contributed by atoms with Crippen molar-refractivity contribution in [2.24, 2.45) is 0 Å². The van der Waals surface area contributed by atoms with Crippen LogP contribution in [0.4, 0.5) is 0 Å². The Labute approximate surface area is 138 Å². The van der Waals surface area contributed by atoms with Gasteiger partial charge in [-0.05, 0) is 36.2 Å². The summed E-state index contributed by atoms with van der Waals surface area (Å²) < 4.78 is 10.3. The third-order valence-corrected chi connectivity index (χ3v) is 3.84. The summed E-state index contributed by atoms with van der Waals surface area (Å²) in [5.41, 5.74) is 0.0511. The average Bonchev–Trinajstić information content (AvgIpc) is 2.60. The number of rotatable bonds is 5. The third kappa shape index (κ3) is 3.01. The minimum atomic E-state index is -0.818. The smallest absolute Gasteiger partial charge is 0.351 e. The van der Waals surface area contributed by atoms with E-state index in [1.807, 2.05) is 24.3 Å². The molecule has 0 unspecified atom stereocenters. The Bertz CT molecular complexity index is 955. The molecular weight excluding hydrogens is 308 g/mol. The van der Waals surface area contributed by atoms with Crippen LogP contribution in [0.1, 0.15) is 22.3 Å². The second-order valence-corrected chi connectivity index (χ2v) is 5.38. The molecule has 1 heterocycles. The van der Waals surface area contributed by atoms with E-state index in [1.165, 1.54) is 0 Å². The van der Waals surface area contributed by atoms with Crippen LogP contribution < -0.4 is 10.4 Å². The Morgan fingerprint density at radius 1 is 1.17 bits per heavy atom. The lowest BCUT2D eigenvalue weighted by Gasteiger charge is -2.06. The van der Waals surface area contributed by atoms with Crippen molar-refractivity contribution in [1.82, 2.24) is 0 Å². The van der Waals surface area contributed by atoms with Gasteiger partial charge in [-0.2, -0.15) is 0 Å². The van der Waals surface area contributed by atoms with Gasteiger partial charge in [-0.25, -0.2) is 4.79 Å². The van der Waals surface area contributed by atoms with Gasteiger partial charge < -0.3 is 14.3 Å². The van der Waals surface area contributed by atoms with Gasteiger partial charge in [-0.15, -0.1) is 0 Å². The predicted molar refractivity (Wildman–Crippen MR) is 89.8 cm³/mol. The summed E-state index contributed by atoms with van der Waals surface area (Å²) in [5.74, 6) is -0.0691. The molecule has 0 radical (unpaired) electrons. The maximum atomic E-state index is 12.4. The van der Waals surface area contributed by atoms with Gasteiger partial charge in [0.2, 0.25) is 0 Å². The standard InChI is InChI=1S/C19H16O5/c1-23-13-6-4-5-12(11-13)9-10-15(20)17-18(21)14-7-2-3-8-16(14)24-19(17)22/h2-8,11,21H,9-10H2,1H3. The van der Waals surface area contributed by atoms with E-state index < -0.39 is 11.4 Å². The van der Waals surface area contributed by atoms with Crippen LogP contribution in [0.5, 0.6) is 11.5 Å². The second-order valence-electron chi connectivity index (χ2n) is 5.38. The lowest BCUT2D eigenvalue weighted by molar-refractivity contribution is 0.0976. The van der Waals surface area contributed by atoms with Gasteiger partial charge in [0.15, 0.2) is 5.78 Å². The Morgan fingerprint density at radius 2 is 1.96 bits per heavy atom. The van der Waals surface area contributed by atoms with E-state index in [1.54, 1.807) is 31.4 Å². The molecule has 24 heavy (non-hydrogen) atoms. The first-order valence-corrected chi connectivity index (χ1v) is 7.51. The van der Waals surface area contributed by atoms with Crippen molar-refractivity contribution in [3.8, 4) is 11.5 Å². The van der Waals surface area contributed by atoms with Crippen LogP contribution in [0.3, 0.4) is 0 Å². The Kier molecular flexibility index (Phi) is 4.33. The maximum Gasteiger partial charge on any atom is 0.351 e. The highest BCUT2D eigenvalue weighted by Gasteiger charge is 2.20. The fourth-order valence-corrected chi connectivity index (χ4v) is 2.59. The molecule has 0 atom stereocenters. The summed E-state index contributed by atoms with van der Waals surface area (Å²) in [7, 11) is 1.57. The number of para-hydroxylation sites is 1. The van der Waals surface area contributed by atoms with Gasteiger partial charge in [0.25, 0.3) is 0 Å². The van der Waals surface area contributed by atoms with Crippen molar-refractivity contribution in [3.05, 3.63) is 70.1 Å². The number of ether oxygens (including phenoxy) is 1. The molecule has 0 bridgehead atoms. The largest absolute Gasteiger partial charge is 0.506 e. The van der Waals surface area contributed by atoms with Crippen LogP contribution in [0.15, 0.2) is 57.7 Å². The van der Waals surface area contributed by atoms with Crippen molar-refractivity contribution >= 4 is 16.8 Å². The van der Waals surface area contributed by atoms with E-state index in [4.69, 9.17) is 9.15 Å². The molecule has 0 saturated carbocycles. The first-order valence-electron chi connectivity index (χ1n) is 7.51. The number of aryl methyl sites for hydroxylation is 1. The van der Waals surface area contributed by atoms with Crippen LogP contribution in [-0.2, 0) is 6.42 Å². The fourth-order valence-electron chi connectivity index (χ4n) is 2.59. The second kappa shape index (κ2) is 6.58. The van der Waals surface area contributed by atoms with E-state index >= 15 is 0 Å². The summed E-state index contributed by atoms with van der Waals surface area (Å²) in [6.45, 7) is 0. The number of carbonyl (C=O) groups excluding carboxylic acids is 1. The van der Waals surface area contributed by atoms with E-state index in [-0.39, 0.29) is 23.3 Å². The van der Waals surface area contributed by atoms with Crippen LogP contribution in [0.2, 0.25) is 0 Å². The van der Waals surface area contributed by atoms with Crippen molar-refractivity contribution in [1.29, 1.82) is 0 Å². The zero-order valence-corrected chi connectivity index (χ0v) is 13.1. The minimum Gasteiger partial charge on any atom is -0.506 e. The van der Waals surface area contributed by atoms with Gasteiger partial charge in [0, 0.05) is 6.42 Å². The SMILES string of the molecule is COc1cccc(CCC(=O)c2c(O)c3ccccc3oc2=O)c1. The summed E-state index contributed by atoms with van der Waals surface area (Å²) in [4.78, 5) is 24.4. The van der Waals surface area contributed by atoms with Crippen molar-refractivity contribution < 1.29 is 19.1 Å². The molecule has 5 heteroatoms. The number of hydrogen-bond acceptors (Lipinski definition) is 5. The van der Waals surface area contributed by atoms with Crippen LogP contribution >= 0.6 is 0 Å². The number of hydrogen-bond donors (Lipinski definition) is 1. The molecule has 0 aliphatic heterocycles. The highest BCUT2D eigenvalue weighted by molar-refractivity contribution is 6.02. The van der Waals surface area contributed by atoms with Crippen molar-refractivity contribution in [3.63, 3.8) is 0 Å². The first kappa shape index (κ1) is 15.8. The third-order valence-electron chi connectivity index (χ3n) is 3.84. The van der Waals surface area contributed by atoms with Gasteiger partial charge in [-0.1, -0.05) is 24.3 Å². The number of methoxy groups -OCH3 is 1. The number of aromatic hydroxyl groups is 1. The molecule has 0 saturated heterocycles. The topological polar surface area (TPSA) is 76.7 Å². The highest BCUT2D eigenvalue weighted by Crippen LogP contribution is 2.27. The molecule has 1 N–H and O–H groups in total. The Balaban J connectivity index is 1.87. The number of benzene rings is 2. The van der Waals surface area contributed by atoms with Crippen molar-refractivity contribution in [2.45, 2.75) is 12.8 Å². The Morgan fingerprint density at radius 3 is 2.75 bits per heavy atom. The molecule has 3 rings (SSSR count). The summed E-state index contributed by atoms with van der Waals surface area (Å²) in [6.07, 6.45) is 0.519. The summed E-state index contributed by atoms with van der Waals surface area (Å²) in [6, 6.07) is 13.9. The number of fused-ring (bicyclic) bond motifs is 1. The monoisotopic (exact) mass is 324 g/mol. The van der Waals surface area contributed by atoms with Crippen LogP contribution in [0.25, 0.3) is 11.0 Å². The highest BCUT2D eigenvalue weighted by atomic mass is 16.5. The molecule has 1 aromatic heterocycles. The molecule has 0 aliphatic rings. The van der Waals surface area contributed by atoms with Gasteiger partial charge >= 0.3 is 5.63 Å². The summed E-state index contributed by atoms with van der Waals surface area (Å²) in [5, 5.41) is 10.6. The normalized spacial score (nSPS) is 10.7. The molecule has 3 aromatic rings. The summed E-state index contributed by atoms with van der Waals surface area (Å²) >= 11 is 0. The molecule has 0 amide bonds. The predicted octanol–water partition coefficient (Wildman–Crippen LogP) is 3.32. The molecule has 122 valence electrons. The minimum absolute atomic E-state index is 0.0871. The zero-order valence-electron chi connectivity index (χ0n) is 13.1. The van der Waals surface area contributed by atoms with Crippen LogP contribution in [0, 0.1) is 0 Å². The van der Waals surface area contributed by atoms with Gasteiger partial charge in [-0.3, -0.25) is 4.79 Å². The van der Waals surface area contributed by atoms with Gasteiger partial charge in [0.1, 0.15) is 22.6 Å². The van der Waals surface area contributed by atoms with Crippen molar-refractivity contribution in [2.75, 3.05) is 7.11 Å². The van der Waals surface area contributed by atoms with E-state index in [0.717, 1.165) is 5.56 Å². The lowest BCUT2D eigenvalue weighted by Crippen LogP contribution is -2.15. The molecule has 0 spiro atoms. The van der Waals surface area contributed by atoms with E-state index in [2.05, 4.69) is 0 Å². The number of ketones is 1. The average molecular weight is 324 g/mol. The molecule has 2 aromatic carbocycles. The quantitative estimate of drug-likeness (QED) is 0.575. The number of carbonyl (C=O) groups is 1. The van der Waals surface area contributed by atoms with Crippen LogP contribution in [-0.4, -0.2) is 18.0 Å². The van der Waals surface area contributed by atoms with E-state index in [9.17, 15) is 14.7 Å². The van der Waals surface area contributed by atoms with Gasteiger partial charge in [0.05, 0.1) is 12.5 Å². The number of Topliss-reactive ketones (excluding diaryl/α,β-unsaturated/α-hetero) is 1.